The number of hydrogen-bond acceptors (Lipinski definition) is 3. The third kappa shape index (κ3) is 3.15. The maximum atomic E-state index is 12.1. The predicted octanol–water partition coefficient (Wildman–Crippen LogP) is 1.69. The number of ether oxygens (including phenoxy) is 1. The van der Waals surface area contributed by atoms with Gasteiger partial charge in [-0.05, 0) is 25.0 Å². The van der Waals surface area contributed by atoms with E-state index in [1.807, 2.05) is 24.3 Å². The van der Waals surface area contributed by atoms with Crippen LogP contribution in [0.2, 0.25) is 0 Å². The molecule has 1 fully saturated rings. The first-order chi connectivity index (χ1) is 9.26. The molecule has 0 spiro atoms. The fourth-order valence-electron chi connectivity index (χ4n) is 2.38. The van der Waals surface area contributed by atoms with Crippen molar-refractivity contribution in [3.8, 4) is 5.75 Å². The van der Waals surface area contributed by atoms with Crippen LogP contribution in [-0.2, 0) is 4.79 Å². The second-order valence-corrected chi connectivity index (χ2v) is 4.59. The first-order valence-electron chi connectivity index (χ1n) is 6.49. The topological polar surface area (TPSA) is 49.8 Å². The molecule has 1 aromatic carbocycles. The molecule has 19 heavy (non-hydrogen) atoms. The molecule has 0 radical (unpaired) electrons. The van der Waals surface area contributed by atoms with E-state index in [1.54, 1.807) is 24.2 Å². The maximum absolute atomic E-state index is 12.1. The Hall–Kier alpha value is -1.81. The number of para-hydroxylation sites is 1. The Bertz CT molecular complexity index is 470. The summed E-state index contributed by atoms with van der Waals surface area (Å²) in [4.78, 5) is 13.8. The number of rotatable bonds is 4. The number of hydrogen-bond donors (Lipinski definition) is 1. The van der Waals surface area contributed by atoms with Crippen molar-refractivity contribution < 1.29 is 14.6 Å². The van der Waals surface area contributed by atoms with E-state index in [1.165, 1.54) is 0 Å². The number of aliphatic hydroxyl groups is 1. The van der Waals surface area contributed by atoms with E-state index < -0.39 is 0 Å². The van der Waals surface area contributed by atoms with Crippen LogP contribution in [0.25, 0.3) is 6.08 Å². The number of carbonyl (C=O) groups excluding carboxylic acids is 1. The third-order valence-corrected chi connectivity index (χ3v) is 3.42. The van der Waals surface area contributed by atoms with E-state index in [2.05, 4.69) is 0 Å². The molecule has 4 heteroatoms. The van der Waals surface area contributed by atoms with Crippen molar-refractivity contribution in [3.63, 3.8) is 0 Å². The molecule has 102 valence electrons. The molecule has 1 N–H and O–H groups in total. The van der Waals surface area contributed by atoms with Crippen LogP contribution in [0.5, 0.6) is 5.75 Å². The van der Waals surface area contributed by atoms with Gasteiger partial charge in [-0.15, -0.1) is 0 Å². The van der Waals surface area contributed by atoms with Crippen molar-refractivity contribution in [1.82, 2.24) is 4.90 Å². The summed E-state index contributed by atoms with van der Waals surface area (Å²) in [6.07, 6.45) is 5.14. The van der Waals surface area contributed by atoms with E-state index >= 15 is 0 Å². The lowest BCUT2D eigenvalue weighted by atomic mass is 10.2. The highest BCUT2D eigenvalue weighted by Gasteiger charge is 2.26. The van der Waals surface area contributed by atoms with Gasteiger partial charge in [0.15, 0.2) is 0 Å². The van der Waals surface area contributed by atoms with E-state index in [0.29, 0.717) is 0 Å². The van der Waals surface area contributed by atoms with Crippen molar-refractivity contribution in [2.45, 2.75) is 18.9 Å². The van der Waals surface area contributed by atoms with Gasteiger partial charge in [-0.3, -0.25) is 4.79 Å². The van der Waals surface area contributed by atoms with E-state index in [0.717, 1.165) is 30.7 Å². The minimum absolute atomic E-state index is 0.0326. The monoisotopic (exact) mass is 261 g/mol. The summed E-state index contributed by atoms with van der Waals surface area (Å²) in [5, 5.41) is 9.21. The van der Waals surface area contributed by atoms with Gasteiger partial charge in [-0.2, -0.15) is 0 Å². The molecule has 0 saturated carbocycles. The normalized spacial score (nSPS) is 19.1. The molecule has 1 atom stereocenters. The lowest BCUT2D eigenvalue weighted by Gasteiger charge is -2.21. The van der Waals surface area contributed by atoms with E-state index in [-0.39, 0.29) is 18.6 Å². The molecule has 0 aromatic heterocycles. The Morgan fingerprint density at radius 1 is 1.53 bits per heavy atom. The van der Waals surface area contributed by atoms with Gasteiger partial charge in [0.25, 0.3) is 0 Å². The standard InChI is InChI=1S/C15H19NO3/c1-19-14-7-3-2-5-12(14)8-9-15(18)16-10-4-6-13(16)11-17/h2-3,5,7-9,13,17H,4,6,10-11H2,1H3/b9-8+. The van der Waals surface area contributed by atoms with Crippen molar-refractivity contribution in [2.24, 2.45) is 0 Å². The van der Waals surface area contributed by atoms with Crippen LogP contribution < -0.4 is 4.74 Å². The summed E-state index contributed by atoms with van der Waals surface area (Å²) < 4.78 is 5.23. The molecule has 1 unspecified atom stereocenters. The molecule has 1 aromatic rings. The summed E-state index contributed by atoms with van der Waals surface area (Å²) in [6, 6.07) is 7.52. The lowest BCUT2D eigenvalue weighted by molar-refractivity contribution is -0.127. The summed E-state index contributed by atoms with van der Waals surface area (Å²) in [6.45, 7) is 0.758. The number of benzene rings is 1. The maximum Gasteiger partial charge on any atom is 0.246 e. The van der Waals surface area contributed by atoms with E-state index in [9.17, 15) is 9.90 Å². The van der Waals surface area contributed by atoms with Gasteiger partial charge in [-0.25, -0.2) is 0 Å². The van der Waals surface area contributed by atoms with Gasteiger partial charge in [0.1, 0.15) is 5.75 Å². The highest BCUT2D eigenvalue weighted by atomic mass is 16.5. The quantitative estimate of drug-likeness (QED) is 0.839. The fourth-order valence-corrected chi connectivity index (χ4v) is 2.38. The molecule has 2 rings (SSSR count). The number of aliphatic hydroxyl groups excluding tert-OH is 1. The van der Waals surface area contributed by atoms with Gasteiger partial charge in [0.2, 0.25) is 5.91 Å². The molecule has 1 saturated heterocycles. The molecule has 1 heterocycles. The van der Waals surface area contributed by atoms with Gasteiger partial charge >= 0.3 is 0 Å². The Morgan fingerprint density at radius 3 is 3.05 bits per heavy atom. The Kier molecular flexibility index (Phi) is 4.58. The van der Waals surface area contributed by atoms with Crippen LogP contribution >= 0.6 is 0 Å². The Morgan fingerprint density at radius 2 is 2.32 bits per heavy atom. The summed E-state index contributed by atoms with van der Waals surface area (Å²) in [5.74, 6) is 0.689. The van der Waals surface area contributed by atoms with Crippen LogP contribution in [0, 0.1) is 0 Å². The van der Waals surface area contributed by atoms with E-state index in [4.69, 9.17) is 4.74 Å². The largest absolute Gasteiger partial charge is 0.496 e. The smallest absolute Gasteiger partial charge is 0.246 e. The highest BCUT2D eigenvalue weighted by Crippen LogP contribution is 2.20. The van der Waals surface area contributed by atoms with Gasteiger partial charge in [-0.1, -0.05) is 18.2 Å². The van der Waals surface area contributed by atoms with Crippen LogP contribution in [0.1, 0.15) is 18.4 Å². The van der Waals surface area contributed by atoms with Gasteiger partial charge in [0.05, 0.1) is 19.8 Å². The Labute approximate surface area is 113 Å². The second kappa shape index (κ2) is 6.38. The van der Waals surface area contributed by atoms with Crippen LogP contribution in [0.15, 0.2) is 30.3 Å². The zero-order valence-corrected chi connectivity index (χ0v) is 11.1. The number of carbonyl (C=O) groups is 1. The first-order valence-corrected chi connectivity index (χ1v) is 6.49. The van der Waals surface area contributed by atoms with Gasteiger partial charge in [0, 0.05) is 18.2 Å². The van der Waals surface area contributed by atoms with Crippen molar-refractivity contribution in [1.29, 1.82) is 0 Å². The minimum Gasteiger partial charge on any atom is -0.496 e. The molecule has 1 amide bonds. The lowest BCUT2D eigenvalue weighted by Crippen LogP contribution is -2.36. The van der Waals surface area contributed by atoms with Crippen molar-refractivity contribution in [3.05, 3.63) is 35.9 Å². The van der Waals surface area contributed by atoms with Crippen LogP contribution in [0.3, 0.4) is 0 Å². The summed E-state index contributed by atoms with van der Waals surface area (Å²) in [7, 11) is 1.61. The average molecular weight is 261 g/mol. The predicted molar refractivity (Wildman–Crippen MR) is 73.8 cm³/mol. The number of nitrogens with zero attached hydrogens (tertiary/aromatic N) is 1. The minimum atomic E-state index is -0.0533. The summed E-state index contributed by atoms with van der Waals surface area (Å²) in [5.41, 5.74) is 0.873. The molecular formula is C15H19NO3. The molecule has 4 nitrogen and oxygen atoms in total. The first kappa shape index (κ1) is 13.6. The van der Waals surface area contributed by atoms with Crippen LogP contribution in [0.4, 0.5) is 0 Å². The third-order valence-electron chi connectivity index (χ3n) is 3.42. The number of methoxy groups -OCH3 is 1. The zero-order valence-electron chi connectivity index (χ0n) is 11.1. The van der Waals surface area contributed by atoms with Gasteiger partial charge < -0.3 is 14.7 Å². The van der Waals surface area contributed by atoms with Crippen LogP contribution in [-0.4, -0.2) is 42.2 Å². The highest BCUT2D eigenvalue weighted by molar-refractivity contribution is 5.92. The molecular weight excluding hydrogens is 242 g/mol. The molecule has 0 bridgehead atoms. The SMILES string of the molecule is COc1ccccc1/C=C/C(=O)N1CCCC1CO. The summed E-state index contributed by atoms with van der Waals surface area (Å²) >= 11 is 0. The Balaban J connectivity index is 2.07. The fraction of sp³-hybridized carbons (Fsp3) is 0.400. The second-order valence-electron chi connectivity index (χ2n) is 4.59. The average Bonchev–Trinajstić information content (AvgIpc) is 2.93. The molecule has 1 aliphatic heterocycles. The zero-order chi connectivity index (χ0) is 13.7. The number of likely N-dealkylation sites (tertiary alicyclic amines) is 1. The molecule has 0 aliphatic carbocycles. The van der Waals surface area contributed by atoms with Crippen molar-refractivity contribution in [2.75, 3.05) is 20.3 Å². The van der Waals surface area contributed by atoms with Crippen molar-refractivity contribution >= 4 is 12.0 Å². The molecule has 1 aliphatic rings. The number of amides is 1.